The zero-order valence-corrected chi connectivity index (χ0v) is 16.7. The molecule has 0 unspecified atom stereocenters. The number of ether oxygens (including phenoxy) is 2. The Balaban J connectivity index is 2.08. The Labute approximate surface area is 156 Å². The van der Waals surface area contributed by atoms with Crippen LogP contribution >= 0.6 is 11.8 Å². The van der Waals surface area contributed by atoms with Gasteiger partial charge in [-0.25, -0.2) is 0 Å². The molecule has 0 amide bonds. The summed E-state index contributed by atoms with van der Waals surface area (Å²) in [7, 11) is 3.37. The zero-order chi connectivity index (χ0) is 18.1. The van der Waals surface area contributed by atoms with Gasteiger partial charge in [0.15, 0.2) is 17.5 Å². The number of guanidine groups is 1. The van der Waals surface area contributed by atoms with Crippen molar-refractivity contribution in [3.05, 3.63) is 23.3 Å². The number of rotatable bonds is 8. The van der Waals surface area contributed by atoms with Crippen molar-refractivity contribution in [2.24, 2.45) is 4.99 Å². The number of benzene rings is 1. The van der Waals surface area contributed by atoms with Gasteiger partial charge in [-0.1, -0.05) is 0 Å². The largest absolute Gasteiger partial charge is 0.493 e. The predicted octanol–water partition coefficient (Wildman–Crippen LogP) is 3.17. The van der Waals surface area contributed by atoms with Gasteiger partial charge in [-0.15, -0.1) is 0 Å². The van der Waals surface area contributed by atoms with Crippen LogP contribution in [0.4, 0.5) is 0 Å². The highest BCUT2D eigenvalue weighted by atomic mass is 32.2. The highest BCUT2D eigenvalue weighted by Gasteiger charge is 2.21. The third kappa shape index (κ3) is 5.46. The van der Waals surface area contributed by atoms with Crippen LogP contribution < -0.4 is 14.8 Å². The summed E-state index contributed by atoms with van der Waals surface area (Å²) in [5.41, 5.74) is 2.63. The zero-order valence-electron chi connectivity index (χ0n) is 15.9. The molecule has 0 fully saturated rings. The van der Waals surface area contributed by atoms with E-state index in [4.69, 9.17) is 14.5 Å². The molecule has 0 saturated heterocycles. The molecule has 1 aromatic rings. The Morgan fingerprint density at radius 3 is 2.56 bits per heavy atom. The molecule has 1 aliphatic rings. The lowest BCUT2D eigenvalue weighted by Gasteiger charge is -2.32. The van der Waals surface area contributed by atoms with Gasteiger partial charge in [0.25, 0.3) is 0 Å². The molecule has 1 N–H and O–H groups in total. The minimum Gasteiger partial charge on any atom is -0.493 e. The predicted molar refractivity (Wildman–Crippen MR) is 107 cm³/mol. The summed E-state index contributed by atoms with van der Waals surface area (Å²) in [5, 5.41) is 3.44. The van der Waals surface area contributed by atoms with Gasteiger partial charge < -0.3 is 19.7 Å². The highest BCUT2D eigenvalue weighted by molar-refractivity contribution is 7.98. The second kappa shape index (κ2) is 10.4. The van der Waals surface area contributed by atoms with Crippen molar-refractivity contribution in [2.45, 2.75) is 32.7 Å². The van der Waals surface area contributed by atoms with E-state index in [1.54, 1.807) is 14.2 Å². The summed E-state index contributed by atoms with van der Waals surface area (Å²) in [6, 6.07) is 4.21. The molecule has 0 spiro atoms. The van der Waals surface area contributed by atoms with Crippen molar-refractivity contribution in [1.29, 1.82) is 0 Å². The molecule has 0 bridgehead atoms. The van der Waals surface area contributed by atoms with Gasteiger partial charge in [-0.05, 0) is 61.5 Å². The molecule has 2 rings (SSSR count). The van der Waals surface area contributed by atoms with Gasteiger partial charge in [0.05, 0.1) is 14.2 Å². The second-order valence-corrected chi connectivity index (χ2v) is 7.07. The molecule has 6 heteroatoms. The number of hydrogen-bond donors (Lipinski definition) is 1. The summed E-state index contributed by atoms with van der Waals surface area (Å²) in [6.45, 7) is 5.72. The van der Waals surface area contributed by atoms with Crippen molar-refractivity contribution >= 4 is 17.7 Å². The summed E-state index contributed by atoms with van der Waals surface area (Å²) >= 11 is 1.90. The monoisotopic (exact) mass is 365 g/mol. The first kappa shape index (κ1) is 19.8. The smallest absolute Gasteiger partial charge is 0.194 e. The molecule has 140 valence electrons. The van der Waals surface area contributed by atoms with E-state index >= 15 is 0 Å². The number of thioether (sulfide) groups is 1. The molecule has 1 heterocycles. The Morgan fingerprint density at radius 2 is 1.92 bits per heavy atom. The van der Waals surface area contributed by atoms with Crippen LogP contribution in [0, 0.1) is 0 Å². The van der Waals surface area contributed by atoms with Crippen LogP contribution in [0.15, 0.2) is 17.1 Å². The first-order chi connectivity index (χ1) is 12.2. The molecule has 0 atom stereocenters. The fourth-order valence-electron chi connectivity index (χ4n) is 3.03. The molecule has 0 aromatic heterocycles. The fraction of sp³-hybridized carbons (Fsp3) is 0.632. The molecule has 0 aliphatic carbocycles. The maximum absolute atomic E-state index is 5.46. The second-order valence-electron chi connectivity index (χ2n) is 6.08. The van der Waals surface area contributed by atoms with Gasteiger partial charge in [-0.3, -0.25) is 4.99 Å². The van der Waals surface area contributed by atoms with E-state index in [1.165, 1.54) is 23.3 Å². The van der Waals surface area contributed by atoms with E-state index in [9.17, 15) is 0 Å². The average Bonchev–Trinajstić information content (AvgIpc) is 2.65. The summed E-state index contributed by atoms with van der Waals surface area (Å²) < 4.78 is 10.9. The van der Waals surface area contributed by atoms with Crippen molar-refractivity contribution < 1.29 is 9.47 Å². The minimum absolute atomic E-state index is 0.794. The number of nitrogens with one attached hydrogen (secondary N) is 1. The standard InChI is InChI=1S/C19H31N3O2S/c1-5-20-19(21-9-6-7-11-25-4)22-10-8-15-12-17(23-2)18(24-3)13-16(15)14-22/h12-13H,5-11,14H2,1-4H3,(H,20,21). The number of aliphatic imine (C=N–C) groups is 1. The van der Waals surface area contributed by atoms with Gasteiger partial charge in [0, 0.05) is 26.2 Å². The van der Waals surface area contributed by atoms with E-state index in [-0.39, 0.29) is 0 Å². The number of hydrogen-bond acceptors (Lipinski definition) is 4. The van der Waals surface area contributed by atoms with E-state index in [0.717, 1.165) is 56.5 Å². The molecular weight excluding hydrogens is 334 g/mol. The lowest BCUT2D eigenvalue weighted by molar-refractivity contribution is 0.346. The lowest BCUT2D eigenvalue weighted by atomic mass is 9.99. The van der Waals surface area contributed by atoms with E-state index < -0.39 is 0 Å². The number of unbranched alkanes of at least 4 members (excludes halogenated alkanes) is 1. The van der Waals surface area contributed by atoms with Gasteiger partial charge in [0.1, 0.15) is 0 Å². The van der Waals surface area contributed by atoms with Crippen molar-refractivity contribution in [2.75, 3.05) is 45.9 Å². The summed E-state index contributed by atoms with van der Waals surface area (Å²) in [5.74, 6) is 3.84. The normalized spacial score (nSPS) is 14.2. The van der Waals surface area contributed by atoms with Crippen LogP contribution in [-0.2, 0) is 13.0 Å². The average molecular weight is 366 g/mol. The maximum Gasteiger partial charge on any atom is 0.194 e. The van der Waals surface area contributed by atoms with Gasteiger partial charge in [-0.2, -0.15) is 11.8 Å². The Bertz CT molecular complexity index is 578. The number of nitrogens with zero attached hydrogens (tertiary/aromatic N) is 2. The van der Waals surface area contributed by atoms with Crippen LogP contribution in [0.3, 0.4) is 0 Å². The van der Waals surface area contributed by atoms with E-state index in [2.05, 4.69) is 35.5 Å². The van der Waals surface area contributed by atoms with E-state index in [1.807, 2.05) is 11.8 Å². The van der Waals surface area contributed by atoms with Crippen LogP contribution in [0.5, 0.6) is 11.5 Å². The van der Waals surface area contributed by atoms with Crippen molar-refractivity contribution in [3.8, 4) is 11.5 Å². The Morgan fingerprint density at radius 1 is 1.20 bits per heavy atom. The van der Waals surface area contributed by atoms with Crippen LogP contribution in [-0.4, -0.2) is 56.7 Å². The quantitative estimate of drug-likeness (QED) is 0.436. The van der Waals surface area contributed by atoms with E-state index in [0.29, 0.717) is 0 Å². The third-order valence-corrected chi connectivity index (χ3v) is 5.07. The number of methoxy groups -OCH3 is 2. The van der Waals surface area contributed by atoms with Crippen LogP contribution in [0.25, 0.3) is 0 Å². The molecular formula is C19H31N3O2S. The number of fused-ring (bicyclic) bond motifs is 1. The van der Waals surface area contributed by atoms with Gasteiger partial charge in [0.2, 0.25) is 0 Å². The maximum atomic E-state index is 5.46. The third-order valence-electron chi connectivity index (χ3n) is 4.37. The molecule has 1 aromatic carbocycles. The van der Waals surface area contributed by atoms with Crippen molar-refractivity contribution in [1.82, 2.24) is 10.2 Å². The summed E-state index contributed by atoms with van der Waals surface area (Å²) in [6.07, 6.45) is 5.52. The first-order valence-electron chi connectivity index (χ1n) is 8.99. The van der Waals surface area contributed by atoms with Gasteiger partial charge >= 0.3 is 0 Å². The molecule has 0 saturated carbocycles. The van der Waals surface area contributed by atoms with Crippen LogP contribution in [0.2, 0.25) is 0 Å². The highest BCUT2D eigenvalue weighted by Crippen LogP contribution is 2.33. The summed E-state index contributed by atoms with van der Waals surface area (Å²) in [4.78, 5) is 7.16. The minimum atomic E-state index is 0.794. The Kier molecular flexibility index (Phi) is 8.25. The molecule has 1 aliphatic heterocycles. The SMILES string of the molecule is CCNC(=NCCCCSC)N1CCc2cc(OC)c(OC)cc2C1. The lowest BCUT2D eigenvalue weighted by Crippen LogP contribution is -2.44. The molecule has 0 radical (unpaired) electrons. The fourth-order valence-corrected chi connectivity index (χ4v) is 3.53. The van der Waals surface area contributed by atoms with Crippen molar-refractivity contribution in [3.63, 3.8) is 0 Å². The first-order valence-corrected chi connectivity index (χ1v) is 10.4. The topological polar surface area (TPSA) is 46.1 Å². The molecule has 5 nitrogen and oxygen atoms in total. The Hall–Kier alpha value is -1.56. The van der Waals surface area contributed by atoms with Crippen LogP contribution in [0.1, 0.15) is 30.9 Å². The molecule has 25 heavy (non-hydrogen) atoms.